The number of alkyl halides is 3. The molecule has 27 heavy (non-hydrogen) atoms. The first-order chi connectivity index (χ1) is 13.0. The van der Waals surface area contributed by atoms with Gasteiger partial charge in [-0.1, -0.05) is 36.4 Å². The summed E-state index contributed by atoms with van der Waals surface area (Å²) in [5.74, 6) is 0. The second-order valence-corrected chi connectivity index (χ2v) is 6.26. The number of halogens is 3. The first-order valence-corrected chi connectivity index (χ1v) is 8.40. The highest BCUT2D eigenvalue weighted by atomic mass is 19.4. The first-order valence-electron chi connectivity index (χ1n) is 8.40. The average molecular weight is 367 g/mol. The fraction of sp³-hybridized carbons (Fsp3) is 0.0952. The van der Waals surface area contributed by atoms with Gasteiger partial charge >= 0.3 is 6.18 Å². The van der Waals surface area contributed by atoms with Crippen LogP contribution in [0.4, 0.5) is 13.2 Å². The van der Waals surface area contributed by atoms with Crippen LogP contribution in [0.1, 0.15) is 11.1 Å². The minimum absolute atomic E-state index is 0.450. The first kappa shape index (κ1) is 17.3. The topological polar surface area (TPSA) is 54.7 Å². The molecule has 136 valence electrons. The molecule has 0 unspecified atom stereocenters. The lowest BCUT2D eigenvalue weighted by atomic mass is 9.96. The Morgan fingerprint density at radius 2 is 1.70 bits per heavy atom. The quantitative estimate of drug-likeness (QED) is 0.511. The lowest BCUT2D eigenvalue weighted by Gasteiger charge is -2.10. The third-order valence-corrected chi connectivity index (χ3v) is 4.58. The van der Waals surface area contributed by atoms with E-state index in [0.29, 0.717) is 23.3 Å². The smallest absolute Gasteiger partial charge is 0.345 e. The van der Waals surface area contributed by atoms with E-state index in [9.17, 15) is 13.2 Å². The SMILES string of the molecule is NCc1ccc(-c2ccnc3[nH]cc(-c4cccc(C(F)(F)F)c4)c23)cc1. The molecule has 2 aromatic heterocycles. The second-order valence-electron chi connectivity index (χ2n) is 6.26. The van der Waals surface area contributed by atoms with E-state index in [1.54, 1.807) is 18.5 Å². The van der Waals surface area contributed by atoms with Gasteiger partial charge in [0.25, 0.3) is 0 Å². The zero-order valence-electron chi connectivity index (χ0n) is 14.2. The molecule has 3 N–H and O–H groups in total. The highest BCUT2D eigenvalue weighted by Gasteiger charge is 2.30. The monoisotopic (exact) mass is 367 g/mol. The Morgan fingerprint density at radius 3 is 2.41 bits per heavy atom. The fourth-order valence-corrected chi connectivity index (χ4v) is 3.21. The molecular formula is C21H16F3N3. The number of H-pyrrole nitrogens is 1. The Labute approximate surface area is 153 Å². The molecule has 0 bridgehead atoms. The number of nitrogens with zero attached hydrogens (tertiary/aromatic N) is 1. The zero-order valence-corrected chi connectivity index (χ0v) is 14.2. The summed E-state index contributed by atoms with van der Waals surface area (Å²) in [7, 11) is 0. The molecule has 0 saturated heterocycles. The van der Waals surface area contributed by atoms with Crippen molar-refractivity contribution in [2.45, 2.75) is 12.7 Å². The van der Waals surface area contributed by atoms with Crippen LogP contribution in [0, 0.1) is 0 Å². The van der Waals surface area contributed by atoms with Gasteiger partial charge in [0.1, 0.15) is 5.65 Å². The summed E-state index contributed by atoms with van der Waals surface area (Å²) in [4.78, 5) is 7.39. The van der Waals surface area contributed by atoms with Crippen LogP contribution in [0.25, 0.3) is 33.3 Å². The lowest BCUT2D eigenvalue weighted by molar-refractivity contribution is -0.137. The van der Waals surface area contributed by atoms with Crippen molar-refractivity contribution in [3.63, 3.8) is 0 Å². The van der Waals surface area contributed by atoms with Crippen molar-refractivity contribution in [3.8, 4) is 22.3 Å². The third-order valence-electron chi connectivity index (χ3n) is 4.58. The van der Waals surface area contributed by atoms with E-state index in [1.807, 2.05) is 30.3 Å². The molecule has 2 aromatic carbocycles. The highest BCUT2D eigenvalue weighted by Crippen LogP contribution is 2.38. The predicted octanol–water partition coefficient (Wildman–Crippen LogP) is 5.37. The molecule has 0 spiro atoms. The molecule has 2 heterocycles. The van der Waals surface area contributed by atoms with Crippen LogP contribution in [-0.4, -0.2) is 9.97 Å². The molecular weight excluding hydrogens is 351 g/mol. The van der Waals surface area contributed by atoms with Crippen molar-refractivity contribution in [1.82, 2.24) is 9.97 Å². The summed E-state index contributed by atoms with van der Waals surface area (Å²) < 4.78 is 39.3. The number of aromatic nitrogens is 2. The number of benzene rings is 2. The molecule has 0 fully saturated rings. The Morgan fingerprint density at radius 1 is 0.926 bits per heavy atom. The average Bonchev–Trinajstić information content (AvgIpc) is 3.12. The Hall–Kier alpha value is -3.12. The summed E-state index contributed by atoms with van der Waals surface area (Å²) >= 11 is 0. The van der Waals surface area contributed by atoms with E-state index < -0.39 is 11.7 Å². The largest absolute Gasteiger partial charge is 0.416 e. The molecule has 3 nitrogen and oxygen atoms in total. The van der Waals surface area contributed by atoms with E-state index in [2.05, 4.69) is 9.97 Å². The molecule has 0 aliphatic heterocycles. The summed E-state index contributed by atoms with van der Waals surface area (Å²) in [6.45, 7) is 0.450. The van der Waals surface area contributed by atoms with Gasteiger partial charge in [-0.15, -0.1) is 0 Å². The second kappa shape index (κ2) is 6.55. The third kappa shape index (κ3) is 3.19. The standard InChI is InChI=1S/C21H16F3N3/c22-21(23,24)16-3-1-2-15(10-16)18-12-27-20-19(18)17(8-9-26-20)14-6-4-13(11-25)5-7-14/h1-10,12H,11,25H2,(H,26,27). The molecule has 0 aliphatic rings. The number of rotatable bonds is 3. The summed E-state index contributed by atoms with van der Waals surface area (Å²) in [5.41, 5.74) is 9.64. The van der Waals surface area contributed by atoms with Gasteiger partial charge in [-0.05, 0) is 40.5 Å². The van der Waals surface area contributed by atoms with Gasteiger partial charge in [0.15, 0.2) is 0 Å². The number of pyridine rings is 1. The van der Waals surface area contributed by atoms with Crippen molar-refractivity contribution in [2.75, 3.05) is 0 Å². The fourth-order valence-electron chi connectivity index (χ4n) is 3.21. The molecule has 4 aromatic rings. The summed E-state index contributed by atoms with van der Waals surface area (Å²) in [6, 6.07) is 15.0. The Kier molecular flexibility index (Phi) is 4.20. The number of nitrogens with two attached hydrogens (primary N) is 1. The van der Waals surface area contributed by atoms with Gasteiger partial charge in [0, 0.05) is 29.9 Å². The maximum absolute atomic E-state index is 13.1. The van der Waals surface area contributed by atoms with Gasteiger partial charge in [0.2, 0.25) is 0 Å². The normalized spacial score (nSPS) is 11.9. The molecule has 0 atom stereocenters. The van der Waals surface area contributed by atoms with Crippen molar-refractivity contribution in [3.05, 3.63) is 78.1 Å². The summed E-state index contributed by atoms with van der Waals surface area (Å²) in [5, 5.41) is 0.789. The van der Waals surface area contributed by atoms with Crippen molar-refractivity contribution < 1.29 is 13.2 Å². The highest BCUT2D eigenvalue weighted by molar-refractivity contribution is 6.04. The molecule has 6 heteroatoms. The van der Waals surface area contributed by atoms with Gasteiger partial charge < -0.3 is 10.7 Å². The van der Waals surface area contributed by atoms with E-state index in [1.165, 1.54) is 6.07 Å². The Bertz CT molecular complexity index is 1100. The van der Waals surface area contributed by atoms with Gasteiger partial charge in [-0.25, -0.2) is 4.98 Å². The molecule has 0 aliphatic carbocycles. The van der Waals surface area contributed by atoms with Crippen molar-refractivity contribution in [2.24, 2.45) is 5.73 Å². The van der Waals surface area contributed by atoms with E-state index in [-0.39, 0.29) is 0 Å². The van der Waals surface area contributed by atoms with Gasteiger partial charge in [-0.2, -0.15) is 13.2 Å². The van der Waals surface area contributed by atoms with Crippen LogP contribution < -0.4 is 5.73 Å². The minimum Gasteiger partial charge on any atom is -0.345 e. The van der Waals surface area contributed by atoms with Crippen LogP contribution in [0.3, 0.4) is 0 Å². The maximum Gasteiger partial charge on any atom is 0.416 e. The van der Waals surface area contributed by atoms with Crippen molar-refractivity contribution >= 4 is 11.0 Å². The van der Waals surface area contributed by atoms with E-state index in [0.717, 1.165) is 34.2 Å². The summed E-state index contributed by atoms with van der Waals surface area (Å²) in [6.07, 6.45) is -1.01. The minimum atomic E-state index is -4.39. The number of aromatic amines is 1. The number of fused-ring (bicyclic) bond motifs is 1. The molecule has 0 radical (unpaired) electrons. The molecule has 4 rings (SSSR count). The van der Waals surface area contributed by atoms with E-state index in [4.69, 9.17) is 5.73 Å². The van der Waals surface area contributed by atoms with Crippen LogP contribution in [0.5, 0.6) is 0 Å². The molecule has 0 amide bonds. The predicted molar refractivity (Wildman–Crippen MR) is 99.9 cm³/mol. The van der Waals surface area contributed by atoms with Gasteiger partial charge in [-0.3, -0.25) is 0 Å². The number of nitrogens with one attached hydrogen (secondary N) is 1. The van der Waals surface area contributed by atoms with Crippen LogP contribution in [-0.2, 0) is 12.7 Å². The van der Waals surface area contributed by atoms with Crippen LogP contribution in [0.15, 0.2) is 67.0 Å². The number of hydrogen-bond donors (Lipinski definition) is 2. The molecule has 0 saturated carbocycles. The number of hydrogen-bond acceptors (Lipinski definition) is 2. The maximum atomic E-state index is 13.1. The van der Waals surface area contributed by atoms with Crippen LogP contribution >= 0.6 is 0 Å². The van der Waals surface area contributed by atoms with Gasteiger partial charge in [0.05, 0.1) is 5.56 Å². The Balaban J connectivity index is 1.91. The van der Waals surface area contributed by atoms with Crippen LogP contribution in [0.2, 0.25) is 0 Å². The van der Waals surface area contributed by atoms with E-state index >= 15 is 0 Å². The lowest BCUT2D eigenvalue weighted by Crippen LogP contribution is -2.04. The van der Waals surface area contributed by atoms with Crippen molar-refractivity contribution in [1.29, 1.82) is 0 Å². The zero-order chi connectivity index (χ0) is 19.0.